The number of para-hydroxylation sites is 1. The predicted molar refractivity (Wildman–Crippen MR) is 80.2 cm³/mol. The summed E-state index contributed by atoms with van der Waals surface area (Å²) in [6.45, 7) is 4.06. The summed E-state index contributed by atoms with van der Waals surface area (Å²) in [5, 5.41) is 6.86. The molecule has 3 N–H and O–H groups in total. The molecule has 2 aromatic rings. The van der Waals surface area contributed by atoms with Gasteiger partial charge in [0.25, 0.3) is 11.8 Å². The van der Waals surface area contributed by atoms with Gasteiger partial charge in [0.15, 0.2) is 5.69 Å². The van der Waals surface area contributed by atoms with E-state index in [0.29, 0.717) is 11.4 Å². The zero-order chi connectivity index (χ0) is 15.6. The van der Waals surface area contributed by atoms with Crippen LogP contribution in [0.25, 0.3) is 0 Å². The molecule has 0 aliphatic rings. The van der Waals surface area contributed by atoms with Gasteiger partial charge in [-0.2, -0.15) is 5.10 Å². The number of nitrogens with zero attached hydrogens (tertiary/aromatic N) is 2. The highest BCUT2D eigenvalue weighted by Crippen LogP contribution is 2.18. The minimum absolute atomic E-state index is 0.266. The Labute approximate surface area is 122 Å². The number of amides is 2. The Hall–Kier alpha value is -2.63. The Kier molecular flexibility index (Phi) is 4.07. The third-order valence-electron chi connectivity index (χ3n) is 3.18. The lowest BCUT2D eigenvalue weighted by molar-refractivity contribution is 0.100. The Morgan fingerprint density at radius 3 is 2.52 bits per heavy atom. The molecule has 21 heavy (non-hydrogen) atoms. The van der Waals surface area contributed by atoms with E-state index in [4.69, 9.17) is 5.73 Å². The maximum absolute atomic E-state index is 12.2. The van der Waals surface area contributed by atoms with Gasteiger partial charge in [0.2, 0.25) is 0 Å². The second-order valence-corrected chi connectivity index (χ2v) is 5.10. The van der Waals surface area contributed by atoms with Crippen molar-refractivity contribution in [2.24, 2.45) is 12.8 Å². The quantitative estimate of drug-likeness (QED) is 0.899. The summed E-state index contributed by atoms with van der Waals surface area (Å²) in [6, 6.07) is 8.35. The number of aryl methyl sites for hydroxylation is 1. The van der Waals surface area contributed by atoms with Crippen LogP contribution in [0.5, 0.6) is 0 Å². The van der Waals surface area contributed by atoms with Gasteiger partial charge in [-0.25, -0.2) is 0 Å². The molecular weight excluding hydrogens is 268 g/mol. The second kappa shape index (κ2) is 5.78. The van der Waals surface area contributed by atoms with Crippen LogP contribution in [0.3, 0.4) is 0 Å². The Bertz CT molecular complexity index is 689. The monoisotopic (exact) mass is 286 g/mol. The van der Waals surface area contributed by atoms with Crippen molar-refractivity contribution in [2.75, 3.05) is 5.32 Å². The largest absolute Gasteiger partial charge is 0.366 e. The molecule has 0 unspecified atom stereocenters. The van der Waals surface area contributed by atoms with Crippen molar-refractivity contribution in [3.63, 3.8) is 0 Å². The van der Waals surface area contributed by atoms with Crippen molar-refractivity contribution in [1.29, 1.82) is 0 Å². The molecule has 1 heterocycles. The van der Waals surface area contributed by atoms with Crippen LogP contribution >= 0.6 is 0 Å². The fourth-order valence-electron chi connectivity index (χ4n) is 2.13. The molecule has 0 aliphatic heterocycles. The first-order chi connectivity index (χ1) is 9.90. The molecule has 1 aromatic heterocycles. The molecule has 0 radical (unpaired) electrons. The Morgan fingerprint density at radius 2 is 1.95 bits per heavy atom. The zero-order valence-corrected chi connectivity index (χ0v) is 12.3. The molecule has 1 aromatic carbocycles. The lowest BCUT2D eigenvalue weighted by Gasteiger charge is -2.07. The van der Waals surface area contributed by atoms with Crippen LogP contribution in [-0.2, 0) is 7.05 Å². The number of nitrogens with two attached hydrogens (primary N) is 1. The highest BCUT2D eigenvalue weighted by molar-refractivity contribution is 6.07. The fourth-order valence-corrected chi connectivity index (χ4v) is 2.13. The van der Waals surface area contributed by atoms with E-state index in [-0.39, 0.29) is 17.4 Å². The number of hydrogen-bond donors (Lipinski definition) is 2. The van der Waals surface area contributed by atoms with Crippen molar-refractivity contribution in [2.45, 2.75) is 19.8 Å². The van der Waals surface area contributed by atoms with E-state index in [1.54, 1.807) is 42.1 Å². The van der Waals surface area contributed by atoms with Crippen molar-refractivity contribution in [3.8, 4) is 0 Å². The predicted octanol–water partition coefficient (Wildman–Crippen LogP) is 1.89. The van der Waals surface area contributed by atoms with Crippen LogP contribution in [0.1, 0.15) is 46.3 Å². The number of hydrogen-bond acceptors (Lipinski definition) is 3. The highest BCUT2D eigenvalue weighted by Gasteiger charge is 2.16. The molecule has 6 nitrogen and oxygen atoms in total. The molecule has 110 valence electrons. The summed E-state index contributed by atoms with van der Waals surface area (Å²) in [5.74, 6) is -0.692. The summed E-state index contributed by atoms with van der Waals surface area (Å²) >= 11 is 0. The van der Waals surface area contributed by atoms with E-state index in [0.717, 1.165) is 5.69 Å². The van der Waals surface area contributed by atoms with Crippen molar-refractivity contribution in [3.05, 3.63) is 47.3 Å². The van der Waals surface area contributed by atoms with E-state index in [1.807, 2.05) is 13.8 Å². The first-order valence-corrected chi connectivity index (χ1v) is 6.64. The van der Waals surface area contributed by atoms with Gasteiger partial charge in [-0.15, -0.1) is 0 Å². The van der Waals surface area contributed by atoms with Crippen LogP contribution in [-0.4, -0.2) is 21.6 Å². The van der Waals surface area contributed by atoms with Crippen molar-refractivity contribution in [1.82, 2.24) is 9.78 Å². The Morgan fingerprint density at radius 1 is 1.29 bits per heavy atom. The number of rotatable bonds is 4. The average Bonchev–Trinajstić information content (AvgIpc) is 2.81. The number of primary amides is 1. The van der Waals surface area contributed by atoms with Gasteiger partial charge in [0, 0.05) is 12.7 Å². The van der Waals surface area contributed by atoms with E-state index in [1.165, 1.54) is 0 Å². The van der Waals surface area contributed by atoms with Gasteiger partial charge >= 0.3 is 0 Å². The van der Waals surface area contributed by atoms with Gasteiger partial charge in [0.05, 0.1) is 11.3 Å². The van der Waals surface area contributed by atoms with Crippen molar-refractivity contribution >= 4 is 17.5 Å². The first kappa shape index (κ1) is 14.8. The summed E-state index contributed by atoms with van der Waals surface area (Å²) in [4.78, 5) is 23.6. The van der Waals surface area contributed by atoms with Gasteiger partial charge in [0.1, 0.15) is 0 Å². The van der Waals surface area contributed by atoms with E-state index in [9.17, 15) is 9.59 Å². The van der Waals surface area contributed by atoms with Gasteiger partial charge in [-0.05, 0) is 24.1 Å². The molecule has 0 saturated heterocycles. The third kappa shape index (κ3) is 3.10. The topological polar surface area (TPSA) is 90.0 Å². The lowest BCUT2D eigenvalue weighted by atomic mass is 10.1. The molecule has 0 fully saturated rings. The molecule has 0 spiro atoms. The molecule has 6 heteroatoms. The lowest BCUT2D eigenvalue weighted by Crippen LogP contribution is -2.18. The summed E-state index contributed by atoms with van der Waals surface area (Å²) in [7, 11) is 1.80. The number of aromatic nitrogens is 2. The molecule has 2 amide bonds. The van der Waals surface area contributed by atoms with E-state index >= 15 is 0 Å². The van der Waals surface area contributed by atoms with Gasteiger partial charge in [-0.3, -0.25) is 14.3 Å². The maximum atomic E-state index is 12.2. The second-order valence-electron chi connectivity index (χ2n) is 5.10. The van der Waals surface area contributed by atoms with Gasteiger partial charge < -0.3 is 11.1 Å². The van der Waals surface area contributed by atoms with Crippen LogP contribution in [0.15, 0.2) is 30.3 Å². The number of benzene rings is 1. The minimum atomic E-state index is -0.588. The maximum Gasteiger partial charge on any atom is 0.276 e. The standard InChI is InChI=1S/C15H18N4O2/c1-9(2)13-8-12(18-19(13)3)15(21)17-11-7-5-4-6-10(11)14(16)20/h4-9H,1-3H3,(H2,16,20)(H,17,21). The highest BCUT2D eigenvalue weighted by atomic mass is 16.2. The molecule has 0 bridgehead atoms. The Balaban J connectivity index is 2.27. The summed E-state index contributed by atoms with van der Waals surface area (Å²) in [5.41, 5.74) is 7.20. The zero-order valence-electron chi connectivity index (χ0n) is 12.3. The van der Waals surface area contributed by atoms with E-state index < -0.39 is 5.91 Å². The molecular formula is C15H18N4O2. The summed E-state index contributed by atoms with van der Waals surface area (Å²) < 4.78 is 1.68. The van der Waals surface area contributed by atoms with E-state index in [2.05, 4.69) is 10.4 Å². The minimum Gasteiger partial charge on any atom is -0.366 e. The molecule has 0 saturated carbocycles. The molecule has 2 rings (SSSR count). The first-order valence-electron chi connectivity index (χ1n) is 6.64. The SMILES string of the molecule is CC(C)c1cc(C(=O)Nc2ccccc2C(N)=O)nn1C. The number of carbonyl (C=O) groups is 2. The number of nitrogens with one attached hydrogen (secondary N) is 1. The normalized spacial score (nSPS) is 10.7. The van der Waals surface area contributed by atoms with Gasteiger partial charge in [-0.1, -0.05) is 26.0 Å². The average molecular weight is 286 g/mol. The van der Waals surface area contributed by atoms with Crippen LogP contribution in [0, 0.1) is 0 Å². The molecule has 0 atom stereocenters. The summed E-state index contributed by atoms with van der Waals surface area (Å²) in [6.07, 6.45) is 0. The third-order valence-corrected chi connectivity index (χ3v) is 3.18. The fraction of sp³-hybridized carbons (Fsp3) is 0.267. The molecule has 0 aliphatic carbocycles. The van der Waals surface area contributed by atoms with Crippen LogP contribution in [0.2, 0.25) is 0 Å². The van der Waals surface area contributed by atoms with Crippen molar-refractivity contribution < 1.29 is 9.59 Å². The smallest absolute Gasteiger partial charge is 0.276 e. The van der Waals surface area contributed by atoms with Crippen LogP contribution in [0.4, 0.5) is 5.69 Å². The number of carbonyl (C=O) groups excluding carboxylic acids is 2. The van der Waals surface area contributed by atoms with Crippen LogP contribution < -0.4 is 11.1 Å². The number of anilines is 1.